The van der Waals surface area contributed by atoms with Crippen LogP contribution in [0.1, 0.15) is 52.9 Å². The van der Waals surface area contributed by atoms with Gasteiger partial charge in [-0.25, -0.2) is 0 Å². The Labute approximate surface area is 172 Å². The third kappa shape index (κ3) is 3.05. The highest BCUT2D eigenvalue weighted by Crippen LogP contribution is 2.64. The van der Waals surface area contributed by atoms with Crippen LogP contribution in [0.2, 0.25) is 0 Å². The first-order valence-corrected chi connectivity index (χ1v) is 11.0. The van der Waals surface area contributed by atoms with E-state index in [1.54, 1.807) is 0 Å². The third-order valence-corrected chi connectivity index (χ3v) is 8.74. The Bertz CT molecular complexity index is 782. The number of aliphatic carboxylic acids is 1. The van der Waals surface area contributed by atoms with Crippen LogP contribution in [-0.2, 0) is 4.79 Å². The second kappa shape index (κ2) is 7.07. The van der Waals surface area contributed by atoms with E-state index in [4.69, 9.17) is 5.11 Å². The summed E-state index contributed by atoms with van der Waals surface area (Å²) < 4.78 is 0. The standard InChI is InChI=1S/C24H34O5/c1-13(4-7-21(28)29)16-5-6-17-22-18(12-20(27)24(16,17)3)23(2)9-8-15(25)10-14(23)11-19(22)26/h8-9,11-13,15-17,19-20,22,25-27H,4-7,10H2,1-3H3,(H,28,29)/t13-,15-,16-,17+,19-,20+,22+,23+,24-/m1/s1. The van der Waals surface area contributed by atoms with Crippen molar-refractivity contribution in [2.24, 2.45) is 34.5 Å². The van der Waals surface area contributed by atoms with Gasteiger partial charge in [0.25, 0.3) is 0 Å². The largest absolute Gasteiger partial charge is 0.481 e. The van der Waals surface area contributed by atoms with Crippen molar-refractivity contribution in [2.75, 3.05) is 0 Å². The number of carbonyl (C=O) groups is 1. The van der Waals surface area contributed by atoms with Crippen LogP contribution in [0.4, 0.5) is 0 Å². The Morgan fingerprint density at radius 2 is 1.93 bits per heavy atom. The topological polar surface area (TPSA) is 98.0 Å². The summed E-state index contributed by atoms with van der Waals surface area (Å²) in [7, 11) is 0. The molecule has 0 amide bonds. The van der Waals surface area contributed by atoms with Crippen LogP contribution in [0.5, 0.6) is 0 Å². The molecule has 0 aromatic heterocycles. The van der Waals surface area contributed by atoms with Crippen LogP contribution in [0.15, 0.2) is 35.5 Å². The Morgan fingerprint density at radius 1 is 1.21 bits per heavy atom. The van der Waals surface area contributed by atoms with Gasteiger partial charge in [0.2, 0.25) is 0 Å². The number of aliphatic hydroxyl groups excluding tert-OH is 3. The van der Waals surface area contributed by atoms with Crippen molar-refractivity contribution < 1.29 is 25.2 Å². The summed E-state index contributed by atoms with van der Waals surface area (Å²) in [6.45, 7) is 6.37. The number of hydrogen-bond acceptors (Lipinski definition) is 4. The normalized spacial score (nSPS) is 46.8. The highest BCUT2D eigenvalue weighted by molar-refractivity contribution is 5.66. The van der Waals surface area contributed by atoms with E-state index in [1.165, 1.54) is 0 Å². The average molecular weight is 403 g/mol. The van der Waals surface area contributed by atoms with E-state index in [1.807, 2.05) is 24.3 Å². The molecular formula is C24H34O5. The zero-order chi connectivity index (χ0) is 21.1. The molecule has 4 aliphatic rings. The molecule has 0 aromatic rings. The van der Waals surface area contributed by atoms with Gasteiger partial charge >= 0.3 is 5.97 Å². The van der Waals surface area contributed by atoms with Gasteiger partial charge in [0, 0.05) is 23.2 Å². The van der Waals surface area contributed by atoms with Gasteiger partial charge in [-0.3, -0.25) is 4.79 Å². The monoisotopic (exact) mass is 402 g/mol. The Kier molecular flexibility index (Phi) is 5.08. The zero-order valence-corrected chi connectivity index (χ0v) is 17.6. The molecule has 9 atom stereocenters. The van der Waals surface area contributed by atoms with Crippen molar-refractivity contribution in [3.63, 3.8) is 0 Å². The number of allylic oxidation sites excluding steroid dienone is 1. The molecular weight excluding hydrogens is 368 g/mol. The molecule has 5 heteroatoms. The second-order valence-electron chi connectivity index (χ2n) is 10.2. The molecule has 5 nitrogen and oxygen atoms in total. The van der Waals surface area contributed by atoms with E-state index < -0.39 is 24.3 Å². The number of aliphatic hydroxyl groups is 3. The molecule has 0 bridgehead atoms. The molecule has 4 aliphatic carbocycles. The second-order valence-corrected chi connectivity index (χ2v) is 10.2. The average Bonchev–Trinajstić information content (AvgIpc) is 3.01. The van der Waals surface area contributed by atoms with Crippen molar-refractivity contribution in [2.45, 2.75) is 71.2 Å². The highest BCUT2D eigenvalue weighted by atomic mass is 16.4. The van der Waals surface area contributed by atoms with Gasteiger partial charge in [0.1, 0.15) is 0 Å². The van der Waals surface area contributed by atoms with Crippen molar-refractivity contribution >= 4 is 5.97 Å². The molecule has 29 heavy (non-hydrogen) atoms. The summed E-state index contributed by atoms with van der Waals surface area (Å²) in [5.41, 5.74) is 1.38. The fourth-order valence-corrected chi connectivity index (χ4v) is 7.08. The first kappa shape index (κ1) is 20.8. The van der Waals surface area contributed by atoms with Gasteiger partial charge in [0.05, 0.1) is 18.3 Å². The molecule has 0 aliphatic heterocycles. The van der Waals surface area contributed by atoms with E-state index in [0.29, 0.717) is 12.8 Å². The summed E-state index contributed by atoms with van der Waals surface area (Å²) in [4.78, 5) is 11.0. The molecule has 4 rings (SSSR count). The van der Waals surface area contributed by atoms with Crippen LogP contribution in [0, 0.1) is 34.5 Å². The molecule has 0 saturated heterocycles. The van der Waals surface area contributed by atoms with Gasteiger partial charge in [-0.15, -0.1) is 0 Å². The Balaban J connectivity index is 1.71. The maximum atomic E-state index is 11.3. The van der Waals surface area contributed by atoms with Gasteiger partial charge in [-0.2, -0.15) is 0 Å². The van der Waals surface area contributed by atoms with Crippen molar-refractivity contribution in [3.8, 4) is 0 Å². The SMILES string of the molecule is C[C@H](CCC(=O)O)[C@H]1CC[C@H]2[C@H]3C(=C[C@H](O)[C@]12C)[C@@]1(C)C=C[C@@H](O)CC1=C[C@H]3O. The number of carboxylic acids is 1. The van der Waals surface area contributed by atoms with Gasteiger partial charge in [-0.1, -0.05) is 49.3 Å². The number of rotatable bonds is 4. The predicted molar refractivity (Wildman–Crippen MR) is 110 cm³/mol. The number of carboxylic acid groups (broad SMARTS) is 1. The third-order valence-electron chi connectivity index (χ3n) is 8.74. The molecule has 0 heterocycles. The molecule has 160 valence electrons. The molecule has 1 fully saturated rings. The van der Waals surface area contributed by atoms with E-state index in [9.17, 15) is 20.1 Å². The smallest absolute Gasteiger partial charge is 0.303 e. The lowest BCUT2D eigenvalue weighted by Crippen LogP contribution is -2.53. The minimum absolute atomic E-state index is 0.0475. The maximum Gasteiger partial charge on any atom is 0.303 e. The summed E-state index contributed by atoms with van der Waals surface area (Å²) in [6.07, 6.45) is 9.18. The fourth-order valence-electron chi connectivity index (χ4n) is 7.08. The first-order chi connectivity index (χ1) is 13.6. The fraction of sp³-hybridized carbons (Fsp3) is 0.708. The van der Waals surface area contributed by atoms with E-state index in [2.05, 4.69) is 20.8 Å². The number of fused-ring (bicyclic) bond motifs is 5. The van der Waals surface area contributed by atoms with E-state index >= 15 is 0 Å². The zero-order valence-electron chi connectivity index (χ0n) is 17.6. The molecule has 0 spiro atoms. The quantitative estimate of drug-likeness (QED) is 0.542. The van der Waals surface area contributed by atoms with Crippen molar-refractivity contribution in [3.05, 3.63) is 35.5 Å². The maximum absolute atomic E-state index is 11.3. The summed E-state index contributed by atoms with van der Waals surface area (Å²) in [6, 6.07) is 0. The lowest BCUT2D eigenvalue weighted by atomic mass is 9.50. The molecule has 4 N–H and O–H groups in total. The minimum atomic E-state index is -0.775. The molecule has 0 aromatic carbocycles. The highest BCUT2D eigenvalue weighted by Gasteiger charge is 2.61. The first-order valence-electron chi connectivity index (χ1n) is 11.0. The van der Waals surface area contributed by atoms with Crippen LogP contribution >= 0.6 is 0 Å². The number of hydrogen-bond donors (Lipinski definition) is 4. The van der Waals surface area contributed by atoms with Crippen molar-refractivity contribution in [1.29, 1.82) is 0 Å². The van der Waals surface area contributed by atoms with Gasteiger partial charge in [0.15, 0.2) is 0 Å². The van der Waals surface area contributed by atoms with Gasteiger partial charge in [-0.05, 0) is 50.4 Å². The van der Waals surface area contributed by atoms with E-state index in [0.717, 1.165) is 24.0 Å². The van der Waals surface area contributed by atoms with Crippen LogP contribution in [0.3, 0.4) is 0 Å². The van der Waals surface area contributed by atoms with E-state index in [-0.39, 0.29) is 40.9 Å². The van der Waals surface area contributed by atoms with Gasteiger partial charge < -0.3 is 20.4 Å². The van der Waals surface area contributed by atoms with Crippen molar-refractivity contribution in [1.82, 2.24) is 0 Å². The lowest BCUT2D eigenvalue weighted by Gasteiger charge is -2.55. The molecule has 0 radical (unpaired) electrons. The van der Waals surface area contributed by atoms with Crippen LogP contribution < -0.4 is 0 Å². The summed E-state index contributed by atoms with van der Waals surface area (Å²) in [5.74, 6) is -0.234. The molecule has 0 unspecified atom stereocenters. The lowest BCUT2D eigenvalue weighted by molar-refractivity contribution is -0.137. The van der Waals surface area contributed by atoms with Crippen LogP contribution in [-0.4, -0.2) is 44.7 Å². The summed E-state index contributed by atoms with van der Waals surface area (Å²) in [5, 5.41) is 41.6. The Morgan fingerprint density at radius 3 is 2.62 bits per heavy atom. The predicted octanol–water partition coefficient (Wildman–Crippen LogP) is 3.06. The van der Waals surface area contributed by atoms with Crippen LogP contribution in [0.25, 0.3) is 0 Å². The summed E-state index contributed by atoms with van der Waals surface area (Å²) >= 11 is 0. The molecule has 1 saturated carbocycles. The minimum Gasteiger partial charge on any atom is -0.481 e. The Hall–Kier alpha value is -1.43.